The summed E-state index contributed by atoms with van der Waals surface area (Å²) in [5, 5.41) is 15.0. The second-order valence-electron chi connectivity index (χ2n) is 3.74. The van der Waals surface area contributed by atoms with E-state index in [1.807, 2.05) is 19.9 Å². The number of amides is 1. The number of nitriles is 1. The van der Waals surface area contributed by atoms with Gasteiger partial charge in [-0.2, -0.15) is 5.26 Å². The van der Waals surface area contributed by atoms with E-state index < -0.39 is 0 Å². The molecule has 1 amide bonds. The standard InChI is InChI=1S/C10H15N5O/c1-7(2)15(6-4-5-11)10(16)9-12-8(3)13-14-9/h7H,4,6H2,1-3H3,(H,12,13,14). The fraction of sp³-hybridized carbons (Fsp3) is 0.600. The largest absolute Gasteiger partial charge is 0.332 e. The number of nitrogens with zero attached hydrogens (tertiary/aromatic N) is 4. The minimum absolute atomic E-state index is 0.0275. The van der Waals surface area contributed by atoms with Crippen molar-refractivity contribution >= 4 is 5.91 Å². The predicted octanol–water partition coefficient (Wildman–Crippen LogP) is 0.877. The van der Waals surface area contributed by atoms with Gasteiger partial charge in [-0.25, -0.2) is 4.98 Å². The highest BCUT2D eigenvalue weighted by Gasteiger charge is 2.21. The third-order valence-electron chi connectivity index (χ3n) is 2.14. The van der Waals surface area contributed by atoms with Crippen molar-refractivity contribution in [3.05, 3.63) is 11.6 Å². The summed E-state index contributed by atoms with van der Waals surface area (Å²) in [5.74, 6) is 0.520. The van der Waals surface area contributed by atoms with Gasteiger partial charge in [-0.15, -0.1) is 5.10 Å². The molecule has 16 heavy (non-hydrogen) atoms. The highest BCUT2D eigenvalue weighted by atomic mass is 16.2. The molecule has 0 unspecified atom stereocenters. The molecule has 0 aromatic carbocycles. The smallest absolute Gasteiger partial charge is 0.293 e. The summed E-state index contributed by atoms with van der Waals surface area (Å²) in [7, 11) is 0. The van der Waals surface area contributed by atoms with Gasteiger partial charge in [0.2, 0.25) is 5.82 Å². The highest BCUT2D eigenvalue weighted by Crippen LogP contribution is 2.05. The maximum Gasteiger partial charge on any atom is 0.293 e. The second kappa shape index (κ2) is 5.26. The van der Waals surface area contributed by atoms with Gasteiger partial charge in [0.15, 0.2) is 0 Å². The van der Waals surface area contributed by atoms with Crippen LogP contribution in [0.1, 0.15) is 36.7 Å². The molecule has 6 nitrogen and oxygen atoms in total. The van der Waals surface area contributed by atoms with Crippen molar-refractivity contribution in [2.24, 2.45) is 0 Å². The van der Waals surface area contributed by atoms with E-state index in [0.717, 1.165) is 0 Å². The first-order valence-electron chi connectivity index (χ1n) is 5.13. The van der Waals surface area contributed by atoms with E-state index in [1.54, 1.807) is 11.8 Å². The summed E-state index contributed by atoms with van der Waals surface area (Å²) < 4.78 is 0. The molecule has 0 fully saturated rings. The zero-order valence-corrected chi connectivity index (χ0v) is 9.69. The zero-order valence-electron chi connectivity index (χ0n) is 9.69. The first-order valence-corrected chi connectivity index (χ1v) is 5.13. The lowest BCUT2D eigenvalue weighted by Crippen LogP contribution is -2.38. The lowest BCUT2D eigenvalue weighted by Gasteiger charge is -2.24. The van der Waals surface area contributed by atoms with Gasteiger partial charge in [-0.1, -0.05) is 0 Å². The van der Waals surface area contributed by atoms with Crippen molar-refractivity contribution in [1.29, 1.82) is 5.26 Å². The highest BCUT2D eigenvalue weighted by molar-refractivity contribution is 5.90. The lowest BCUT2D eigenvalue weighted by molar-refractivity contribution is 0.0698. The summed E-state index contributed by atoms with van der Waals surface area (Å²) in [5.41, 5.74) is 0. The van der Waals surface area contributed by atoms with E-state index in [9.17, 15) is 4.79 Å². The Morgan fingerprint density at radius 2 is 2.31 bits per heavy atom. The summed E-state index contributed by atoms with van der Waals surface area (Å²) in [6.45, 7) is 5.93. The van der Waals surface area contributed by atoms with Gasteiger partial charge in [0, 0.05) is 12.6 Å². The van der Waals surface area contributed by atoms with Gasteiger partial charge >= 0.3 is 0 Å². The molecule has 0 spiro atoms. The van der Waals surface area contributed by atoms with E-state index in [0.29, 0.717) is 18.8 Å². The van der Waals surface area contributed by atoms with Gasteiger partial charge < -0.3 is 4.90 Å². The van der Waals surface area contributed by atoms with E-state index >= 15 is 0 Å². The van der Waals surface area contributed by atoms with Crippen molar-refractivity contribution < 1.29 is 4.79 Å². The molecule has 0 aliphatic carbocycles. The molecule has 0 radical (unpaired) electrons. The molecule has 0 aliphatic rings. The van der Waals surface area contributed by atoms with E-state index in [-0.39, 0.29) is 17.8 Å². The molecule has 0 saturated heterocycles. The Hall–Kier alpha value is -1.90. The van der Waals surface area contributed by atoms with Crippen LogP contribution in [-0.4, -0.2) is 38.6 Å². The van der Waals surface area contributed by atoms with Crippen molar-refractivity contribution in [2.45, 2.75) is 33.2 Å². The van der Waals surface area contributed by atoms with Crippen LogP contribution < -0.4 is 0 Å². The number of hydrogen-bond donors (Lipinski definition) is 1. The van der Waals surface area contributed by atoms with Crippen LogP contribution in [0.15, 0.2) is 0 Å². The number of aryl methyl sites for hydroxylation is 1. The van der Waals surface area contributed by atoms with Crippen molar-refractivity contribution in [1.82, 2.24) is 20.1 Å². The molecule has 0 atom stereocenters. The van der Waals surface area contributed by atoms with Crippen LogP contribution in [0.4, 0.5) is 0 Å². The maximum atomic E-state index is 12.0. The van der Waals surface area contributed by atoms with Crippen molar-refractivity contribution in [2.75, 3.05) is 6.54 Å². The minimum Gasteiger partial charge on any atom is -0.332 e. The summed E-state index contributed by atoms with van der Waals surface area (Å²) in [6, 6.07) is 2.05. The molecule has 1 heterocycles. The Bertz CT molecular complexity index is 404. The minimum atomic E-state index is -0.241. The van der Waals surface area contributed by atoms with Crippen LogP contribution in [-0.2, 0) is 0 Å². The summed E-state index contributed by atoms with van der Waals surface area (Å²) >= 11 is 0. The van der Waals surface area contributed by atoms with Gasteiger partial charge in [0.1, 0.15) is 5.82 Å². The number of aromatic nitrogens is 3. The average Bonchev–Trinajstić information content (AvgIpc) is 2.64. The van der Waals surface area contributed by atoms with Gasteiger partial charge in [-0.05, 0) is 20.8 Å². The van der Waals surface area contributed by atoms with Crippen LogP contribution in [0.25, 0.3) is 0 Å². The number of hydrogen-bond acceptors (Lipinski definition) is 4. The number of H-pyrrole nitrogens is 1. The van der Waals surface area contributed by atoms with Crippen LogP contribution in [0, 0.1) is 18.3 Å². The van der Waals surface area contributed by atoms with Gasteiger partial charge in [-0.3, -0.25) is 9.89 Å². The Kier molecular flexibility index (Phi) is 4.00. The fourth-order valence-corrected chi connectivity index (χ4v) is 1.33. The number of carbonyl (C=O) groups excluding carboxylic acids is 1. The van der Waals surface area contributed by atoms with E-state index in [2.05, 4.69) is 15.2 Å². The van der Waals surface area contributed by atoms with Crippen LogP contribution in [0.2, 0.25) is 0 Å². The first-order chi connectivity index (χ1) is 7.56. The second-order valence-corrected chi connectivity index (χ2v) is 3.74. The molecule has 0 aliphatic heterocycles. The molecule has 6 heteroatoms. The molecule has 1 aromatic rings. The topological polar surface area (TPSA) is 85.7 Å². The lowest BCUT2D eigenvalue weighted by atomic mass is 10.3. The Balaban J connectivity index is 2.79. The van der Waals surface area contributed by atoms with Crippen LogP contribution >= 0.6 is 0 Å². The SMILES string of the molecule is Cc1nc(C(=O)N(CCC#N)C(C)C)n[nH]1. The Morgan fingerprint density at radius 3 is 2.75 bits per heavy atom. The summed E-state index contributed by atoms with van der Waals surface area (Å²) in [6.07, 6.45) is 0.313. The molecule has 1 rings (SSSR count). The molecule has 0 saturated carbocycles. The number of nitrogens with one attached hydrogen (secondary N) is 1. The maximum absolute atomic E-state index is 12.0. The number of rotatable bonds is 4. The van der Waals surface area contributed by atoms with Crippen molar-refractivity contribution in [3.63, 3.8) is 0 Å². The monoisotopic (exact) mass is 221 g/mol. The number of aromatic amines is 1. The third kappa shape index (κ3) is 2.79. The zero-order chi connectivity index (χ0) is 12.1. The predicted molar refractivity (Wildman–Crippen MR) is 57.5 cm³/mol. The molecular weight excluding hydrogens is 206 g/mol. The van der Waals surface area contributed by atoms with Gasteiger partial charge in [0.25, 0.3) is 5.91 Å². The Morgan fingerprint density at radius 1 is 1.62 bits per heavy atom. The van der Waals surface area contributed by atoms with E-state index in [4.69, 9.17) is 5.26 Å². The fourth-order valence-electron chi connectivity index (χ4n) is 1.33. The molecule has 1 aromatic heterocycles. The van der Waals surface area contributed by atoms with E-state index in [1.165, 1.54) is 0 Å². The average molecular weight is 221 g/mol. The van der Waals surface area contributed by atoms with Crippen LogP contribution in [0.5, 0.6) is 0 Å². The number of carbonyl (C=O) groups is 1. The summed E-state index contributed by atoms with van der Waals surface area (Å²) in [4.78, 5) is 17.5. The molecule has 0 bridgehead atoms. The Labute approximate surface area is 94.3 Å². The molecule has 1 N–H and O–H groups in total. The van der Waals surface area contributed by atoms with Crippen LogP contribution in [0.3, 0.4) is 0 Å². The molecular formula is C10H15N5O. The van der Waals surface area contributed by atoms with Crippen molar-refractivity contribution in [3.8, 4) is 6.07 Å². The molecule has 86 valence electrons. The first kappa shape index (κ1) is 12.2. The third-order valence-corrected chi connectivity index (χ3v) is 2.14. The van der Waals surface area contributed by atoms with Gasteiger partial charge in [0.05, 0.1) is 12.5 Å². The normalized spacial score (nSPS) is 10.2. The quantitative estimate of drug-likeness (QED) is 0.817.